The Morgan fingerprint density at radius 3 is 2.70 bits per heavy atom. The van der Waals surface area contributed by atoms with Gasteiger partial charge in [-0.05, 0) is 31.0 Å². The first-order valence-corrected chi connectivity index (χ1v) is 7.33. The molecule has 2 rings (SSSR count). The highest BCUT2D eigenvalue weighted by Crippen LogP contribution is 2.14. The Hall–Kier alpha value is -1.68. The Kier molecular flexibility index (Phi) is 4.90. The maximum Gasteiger partial charge on any atom is 0.138 e. The van der Waals surface area contributed by atoms with Crippen molar-refractivity contribution in [3.8, 4) is 5.82 Å². The monoisotopic (exact) mass is 272 g/mol. The molecule has 0 saturated carbocycles. The molecule has 0 spiro atoms. The van der Waals surface area contributed by atoms with Gasteiger partial charge in [0.1, 0.15) is 11.6 Å². The molecule has 0 aromatic carbocycles. The minimum atomic E-state index is 0.483. The highest BCUT2D eigenvalue weighted by Gasteiger charge is 2.07. The zero-order valence-electron chi connectivity index (χ0n) is 12.8. The van der Waals surface area contributed by atoms with Gasteiger partial charge in [-0.1, -0.05) is 27.2 Å². The number of hydrogen-bond acceptors (Lipinski definition) is 3. The molecule has 0 radical (unpaired) electrons. The summed E-state index contributed by atoms with van der Waals surface area (Å²) in [7, 11) is 0. The van der Waals surface area contributed by atoms with Gasteiger partial charge in [-0.3, -0.25) is 4.57 Å². The van der Waals surface area contributed by atoms with Crippen LogP contribution in [0.3, 0.4) is 0 Å². The minimum Gasteiger partial charge on any atom is -0.310 e. The van der Waals surface area contributed by atoms with Crippen LogP contribution in [0.1, 0.15) is 44.3 Å². The fourth-order valence-corrected chi connectivity index (χ4v) is 2.18. The third kappa shape index (κ3) is 3.67. The van der Waals surface area contributed by atoms with Crippen LogP contribution >= 0.6 is 0 Å². The van der Waals surface area contributed by atoms with Crippen LogP contribution in [0.5, 0.6) is 0 Å². The molecule has 0 bridgehead atoms. The van der Waals surface area contributed by atoms with Gasteiger partial charge in [0.2, 0.25) is 0 Å². The molecule has 2 heterocycles. The Bertz CT molecular complexity index is 557. The molecule has 4 nitrogen and oxygen atoms in total. The second kappa shape index (κ2) is 6.66. The molecule has 0 atom stereocenters. The van der Waals surface area contributed by atoms with E-state index < -0.39 is 0 Å². The van der Waals surface area contributed by atoms with Crippen molar-refractivity contribution in [3.63, 3.8) is 0 Å². The normalized spacial score (nSPS) is 11.2. The summed E-state index contributed by atoms with van der Waals surface area (Å²) in [6.45, 7) is 9.38. The van der Waals surface area contributed by atoms with Gasteiger partial charge in [0.15, 0.2) is 0 Å². The van der Waals surface area contributed by atoms with Crippen LogP contribution in [-0.4, -0.2) is 20.6 Å². The van der Waals surface area contributed by atoms with Crippen molar-refractivity contribution in [2.45, 2.75) is 53.1 Å². The van der Waals surface area contributed by atoms with Crippen molar-refractivity contribution in [2.75, 3.05) is 0 Å². The van der Waals surface area contributed by atoms with Crippen LogP contribution in [0.25, 0.3) is 5.82 Å². The summed E-state index contributed by atoms with van der Waals surface area (Å²) in [6, 6.07) is 4.83. The molecule has 2 aromatic rings. The van der Waals surface area contributed by atoms with E-state index >= 15 is 0 Å². The number of aromatic nitrogens is 3. The molecule has 0 unspecified atom stereocenters. The van der Waals surface area contributed by atoms with Gasteiger partial charge >= 0.3 is 0 Å². The van der Waals surface area contributed by atoms with Gasteiger partial charge in [0.25, 0.3) is 0 Å². The van der Waals surface area contributed by atoms with Gasteiger partial charge in [-0.15, -0.1) is 0 Å². The Morgan fingerprint density at radius 1 is 1.30 bits per heavy atom. The van der Waals surface area contributed by atoms with Crippen LogP contribution in [-0.2, 0) is 13.0 Å². The number of pyridine rings is 1. The molecule has 0 aliphatic rings. The SMILES string of the molecule is CCCc1cc(CNC(C)C)cc(-n2ccnc2C)n1. The molecule has 1 N–H and O–H groups in total. The van der Waals surface area contributed by atoms with E-state index in [1.165, 1.54) is 5.56 Å². The van der Waals surface area contributed by atoms with Gasteiger partial charge in [0.05, 0.1) is 0 Å². The van der Waals surface area contributed by atoms with Crippen LogP contribution in [0.2, 0.25) is 0 Å². The molecule has 0 aliphatic heterocycles. The zero-order valence-corrected chi connectivity index (χ0v) is 12.8. The average Bonchev–Trinajstić information content (AvgIpc) is 2.83. The van der Waals surface area contributed by atoms with Gasteiger partial charge < -0.3 is 5.32 Å². The van der Waals surface area contributed by atoms with E-state index in [1.54, 1.807) is 0 Å². The van der Waals surface area contributed by atoms with Crippen LogP contribution in [0.4, 0.5) is 0 Å². The smallest absolute Gasteiger partial charge is 0.138 e. The average molecular weight is 272 g/mol. The van der Waals surface area contributed by atoms with Gasteiger partial charge in [-0.2, -0.15) is 0 Å². The predicted octanol–water partition coefficient (Wildman–Crippen LogP) is 3.03. The molecule has 0 aliphatic carbocycles. The fourth-order valence-electron chi connectivity index (χ4n) is 2.18. The van der Waals surface area contributed by atoms with Gasteiger partial charge in [0, 0.05) is 30.7 Å². The molecule has 20 heavy (non-hydrogen) atoms. The number of hydrogen-bond donors (Lipinski definition) is 1. The summed E-state index contributed by atoms with van der Waals surface area (Å²) in [5, 5.41) is 3.47. The van der Waals surface area contributed by atoms with E-state index in [1.807, 2.05) is 23.9 Å². The standard InChI is InChI=1S/C16H24N4/c1-5-6-15-9-14(11-18-12(2)3)10-16(19-15)20-8-7-17-13(20)4/h7-10,12,18H,5-6,11H2,1-4H3. The minimum absolute atomic E-state index is 0.483. The molecule has 0 saturated heterocycles. The van der Waals surface area contributed by atoms with E-state index in [0.29, 0.717) is 6.04 Å². The maximum absolute atomic E-state index is 4.75. The number of rotatable bonds is 6. The van der Waals surface area contributed by atoms with Crippen LogP contribution in [0, 0.1) is 6.92 Å². The summed E-state index contributed by atoms with van der Waals surface area (Å²) >= 11 is 0. The molecule has 4 heteroatoms. The molecular weight excluding hydrogens is 248 g/mol. The molecule has 2 aromatic heterocycles. The van der Waals surface area contributed by atoms with E-state index in [4.69, 9.17) is 4.98 Å². The van der Waals surface area contributed by atoms with Gasteiger partial charge in [-0.25, -0.2) is 9.97 Å². The lowest BCUT2D eigenvalue weighted by Gasteiger charge is -2.12. The summed E-state index contributed by atoms with van der Waals surface area (Å²) in [4.78, 5) is 9.03. The first-order valence-electron chi connectivity index (χ1n) is 7.33. The fraction of sp³-hybridized carbons (Fsp3) is 0.500. The van der Waals surface area contributed by atoms with Crippen molar-refractivity contribution < 1.29 is 0 Å². The molecular formula is C16H24N4. The highest BCUT2D eigenvalue weighted by atomic mass is 15.1. The Morgan fingerprint density at radius 2 is 2.10 bits per heavy atom. The molecule has 108 valence electrons. The number of nitrogens with one attached hydrogen (secondary N) is 1. The topological polar surface area (TPSA) is 42.7 Å². The summed E-state index contributed by atoms with van der Waals surface area (Å²) in [5.41, 5.74) is 2.43. The van der Waals surface area contributed by atoms with E-state index in [2.05, 4.69) is 43.2 Å². The quantitative estimate of drug-likeness (QED) is 0.879. The first kappa shape index (κ1) is 14.7. The first-order chi connectivity index (χ1) is 9.60. The number of aryl methyl sites for hydroxylation is 2. The van der Waals surface area contributed by atoms with E-state index in [-0.39, 0.29) is 0 Å². The maximum atomic E-state index is 4.75. The Labute approximate surface area is 121 Å². The lowest BCUT2D eigenvalue weighted by Crippen LogP contribution is -2.22. The van der Waals surface area contributed by atoms with Crippen molar-refractivity contribution in [2.24, 2.45) is 0 Å². The lowest BCUT2D eigenvalue weighted by atomic mass is 10.1. The van der Waals surface area contributed by atoms with E-state index in [0.717, 1.165) is 36.7 Å². The number of imidazole rings is 1. The van der Waals surface area contributed by atoms with Crippen LogP contribution < -0.4 is 5.32 Å². The largest absolute Gasteiger partial charge is 0.310 e. The second-order valence-corrected chi connectivity index (χ2v) is 5.45. The Balaban J connectivity index is 2.33. The number of nitrogens with zero attached hydrogens (tertiary/aromatic N) is 3. The van der Waals surface area contributed by atoms with Crippen molar-refractivity contribution in [1.29, 1.82) is 0 Å². The van der Waals surface area contributed by atoms with Crippen molar-refractivity contribution >= 4 is 0 Å². The summed E-state index contributed by atoms with van der Waals surface area (Å²) in [6.07, 6.45) is 5.90. The lowest BCUT2D eigenvalue weighted by molar-refractivity contribution is 0.587. The van der Waals surface area contributed by atoms with Crippen molar-refractivity contribution in [3.05, 3.63) is 41.6 Å². The predicted molar refractivity (Wildman–Crippen MR) is 82.1 cm³/mol. The third-order valence-electron chi connectivity index (χ3n) is 3.22. The zero-order chi connectivity index (χ0) is 14.5. The molecule has 0 amide bonds. The molecule has 0 fully saturated rings. The van der Waals surface area contributed by atoms with Crippen LogP contribution in [0.15, 0.2) is 24.5 Å². The third-order valence-corrected chi connectivity index (χ3v) is 3.22. The second-order valence-electron chi connectivity index (χ2n) is 5.45. The van der Waals surface area contributed by atoms with Crippen molar-refractivity contribution in [1.82, 2.24) is 19.9 Å². The highest BCUT2D eigenvalue weighted by molar-refractivity contribution is 5.32. The summed E-state index contributed by atoms with van der Waals surface area (Å²) < 4.78 is 2.04. The summed E-state index contributed by atoms with van der Waals surface area (Å²) in [5.74, 6) is 1.93. The van der Waals surface area contributed by atoms with E-state index in [9.17, 15) is 0 Å².